The van der Waals surface area contributed by atoms with Crippen LogP contribution in [-0.4, -0.2) is 58.9 Å². The highest BCUT2D eigenvalue weighted by Crippen LogP contribution is 2.11. The SMILES string of the molecule is CC1COC(CO)CN1C(=O)/C=C/C(=O)O. The molecule has 0 aliphatic carbocycles. The Morgan fingerprint density at radius 3 is 2.75 bits per heavy atom. The number of aliphatic hydroxyl groups is 1. The molecule has 1 aliphatic rings. The van der Waals surface area contributed by atoms with Crippen LogP contribution in [0.15, 0.2) is 12.2 Å². The molecule has 0 saturated carbocycles. The summed E-state index contributed by atoms with van der Waals surface area (Å²) in [7, 11) is 0. The Morgan fingerprint density at radius 1 is 1.50 bits per heavy atom. The lowest BCUT2D eigenvalue weighted by atomic mass is 10.2. The Bertz CT molecular complexity index is 302. The minimum absolute atomic E-state index is 0.117. The van der Waals surface area contributed by atoms with Gasteiger partial charge in [-0.3, -0.25) is 4.79 Å². The fourth-order valence-corrected chi connectivity index (χ4v) is 1.47. The molecule has 1 fully saturated rings. The third-order valence-corrected chi connectivity index (χ3v) is 2.36. The standard InChI is InChI=1S/C10H15NO5/c1-7-6-16-8(5-12)4-11(7)9(13)2-3-10(14)15/h2-3,7-8,12H,4-6H2,1H3,(H,14,15)/b3-2+. The molecule has 1 aliphatic heterocycles. The van der Waals surface area contributed by atoms with Gasteiger partial charge < -0.3 is 19.8 Å². The first-order valence-corrected chi connectivity index (χ1v) is 4.98. The maximum atomic E-state index is 11.6. The minimum atomic E-state index is -1.16. The number of aliphatic hydroxyl groups excluding tert-OH is 1. The molecule has 2 N–H and O–H groups in total. The summed E-state index contributed by atoms with van der Waals surface area (Å²) in [6.45, 7) is 2.28. The predicted octanol–water partition coefficient (Wildman–Crippen LogP) is -0.765. The van der Waals surface area contributed by atoms with Gasteiger partial charge in [-0.05, 0) is 6.92 Å². The number of nitrogens with zero attached hydrogens (tertiary/aromatic N) is 1. The van der Waals surface area contributed by atoms with Crippen molar-refractivity contribution >= 4 is 11.9 Å². The minimum Gasteiger partial charge on any atom is -0.478 e. The quantitative estimate of drug-likeness (QED) is 0.621. The number of carbonyl (C=O) groups excluding carboxylic acids is 1. The average Bonchev–Trinajstić information content (AvgIpc) is 2.26. The maximum Gasteiger partial charge on any atom is 0.328 e. The van der Waals surface area contributed by atoms with E-state index in [0.29, 0.717) is 6.61 Å². The summed E-state index contributed by atoms with van der Waals surface area (Å²) in [6, 6.07) is -0.117. The first kappa shape index (κ1) is 12.7. The number of carboxylic acid groups (broad SMARTS) is 1. The van der Waals surface area contributed by atoms with E-state index in [-0.39, 0.29) is 25.1 Å². The van der Waals surface area contributed by atoms with Crippen molar-refractivity contribution in [3.63, 3.8) is 0 Å². The summed E-state index contributed by atoms with van der Waals surface area (Å²) in [5, 5.41) is 17.3. The number of amides is 1. The number of hydrogen-bond donors (Lipinski definition) is 2. The molecule has 16 heavy (non-hydrogen) atoms. The normalized spacial score (nSPS) is 26.0. The van der Waals surface area contributed by atoms with Crippen LogP contribution in [0.2, 0.25) is 0 Å². The van der Waals surface area contributed by atoms with E-state index in [1.165, 1.54) is 4.90 Å². The zero-order valence-electron chi connectivity index (χ0n) is 9.00. The zero-order chi connectivity index (χ0) is 12.1. The number of morpholine rings is 1. The van der Waals surface area contributed by atoms with Gasteiger partial charge >= 0.3 is 5.97 Å². The largest absolute Gasteiger partial charge is 0.478 e. The van der Waals surface area contributed by atoms with Gasteiger partial charge in [0.25, 0.3) is 0 Å². The number of hydrogen-bond acceptors (Lipinski definition) is 4. The van der Waals surface area contributed by atoms with Gasteiger partial charge in [0.15, 0.2) is 0 Å². The molecule has 6 heteroatoms. The van der Waals surface area contributed by atoms with Gasteiger partial charge in [0, 0.05) is 18.7 Å². The molecule has 2 atom stereocenters. The van der Waals surface area contributed by atoms with E-state index < -0.39 is 12.1 Å². The first-order chi connectivity index (χ1) is 7.54. The lowest BCUT2D eigenvalue weighted by Crippen LogP contribution is -2.51. The monoisotopic (exact) mass is 229 g/mol. The number of carbonyl (C=O) groups is 2. The van der Waals surface area contributed by atoms with Crippen molar-refractivity contribution in [2.75, 3.05) is 19.8 Å². The summed E-state index contributed by atoms with van der Waals surface area (Å²) in [6.07, 6.45) is 1.43. The first-order valence-electron chi connectivity index (χ1n) is 4.98. The van der Waals surface area contributed by atoms with E-state index in [9.17, 15) is 9.59 Å². The van der Waals surface area contributed by atoms with Crippen LogP contribution in [0.25, 0.3) is 0 Å². The Labute approximate surface area is 93.1 Å². The third kappa shape index (κ3) is 3.32. The molecule has 0 spiro atoms. The highest BCUT2D eigenvalue weighted by Gasteiger charge is 2.27. The van der Waals surface area contributed by atoms with Crippen molar-refractivity contribution in [1.82, 2.24) is 4.90 Å². The second kappa shape index (κ2) is 5.62. The summed E-state index contributed by atoms with van der Waals surface area (Å²) in [4.78, 5) is 23.4. The van der Waals surface area contributed by atoms with E-state index in [2.05, 4.69) is 0 Å². The van der Waals surface area contributed by atoms with E-state index in [0.717, 1.165) is 12.2 Å². The van der Waals surface area contributed by atoms with Crippen LogP contribution in [0.5, 0.6) is 0 Å². The van der Waals surface area contributed by atoms with E-state index in [4.69, 9.17) is 14.9 Å². The van der Waals surface area contributed by atoms with Crippen molar-refractivity contribution < 1.29 is 24.5 Å². The van der Waals surface area contributed by atoms with Crippen LogP contribution in [0.4, 0.5) is 0 Å². The number of rotatable bonds is 3. The molecule has 2 unspecified atom stereocenters. The van der Waals surface area contributed by atoms with Gasteiger partial charge in [0.1, 0.15) is 0 Å². The van der Waals surface area contributed by atoms with Gasteiger partial charge in [-0.15, -0.1) is 0 Å². The molecule has 6 nitrogen and oxygen atoms in total. The average molecular weight is 229 g/mol. The molecule has 1 rings (SSSR count). The van der Waals surface area contributed by atoms with Crippen molar-refractivity contribution in [3.8, 4) is 0 Å². The lowest BCUT2D eigenvalue weighted by molar-refractivity contribution is -0.141. The molecule has 90 valence electrons. The third-order valence-electron chi connectivity index (χ3n) is 2.36. The van der Waals surface area contributed by atoms with Crippen molar-refractivity contribution in [2.24, 2.45) is 0 Å². The molecule has 0 aromatic heterocycles. The number of ether oxygens (including phenoxy) is 1. The molecular weight excluding hydrogens is 214 g/mol. The van der Waals surface area contributed by atoms with E-state index >= 15 is 0 Å². The highest BCUT2D eigenvalue weighted by atomic mass is 16.5. The summed E-state index contributed by atoms with van der Waals surface area (Å²) in [5.41, 5.74) is 0. The maximum absolute atomic E-state index is 11.6. The Hall–Kier alpha value is -1.40. The molecule has 1 heterocycles. The molecule has 1 saturated heterocycles. The van der Waals surface area contributed by atoms with Crippen LogP contribution in [0.3, 0.4) is 0 Å². The van der Waals surface area contributed by atoms with E-state index in [1.54, 1.807) is 6.92 Å². The Kier molecular flexibility index (Phi) is 4.45. The van der Waals surface area contributed by atoms with Crippen LogP contribution in [0.1, 0.15) is 6.92 Å². The van der Waals surface area contributed by atoms with Crippen molar-refractivity contribution in [2.45, 2.75) is 19.1 Å². The Balaban J connectivity index is 2.62. The van der Waals surface area contributed by atoms with Gasteiger partial charge in [-0.1, -0.05) is 0 Å². The van der Waals surface area contributed by atoms with Crippen LogP contribution >= 0.6 is 0 Å². The molecular formula is C10H15NO5. The topological polar surface area (TPSA) is 87.1 Å². The molecule has 0 bridgehead atoms. The fraction of sp³-hybridized carbons (Fsp3) is 0.600. The highest BCUT2D eigenvalue weighted by molar-refractivity contribution is 5.94. The van der Waals surface area contributed by atoms with Gasteiger partial charge in [-0.25, -0.2) is 4.79 Å². The van der Waals surface area contributed by atoms with Crippen LogP contribution in [0, 0.1) is 0 Å². The fourth-order valence-electron chi connectivity index (χ4n) is 1.47. The molecule has 1 amide bonds. The molecule has 0 radical (unpaired) electrons. The smallest absolute Gasteiger partial charge is 0.328 e. The van der Waals surface area contributed by atoms with Gasteiger partial charge in [0.2, 0.25) is 5.91 Å². The summed E-state index contributed by atoms with van der Waals surface area (Å²) >= 11 is 0. The summed E-state index contributed by atoms with van der Waals surface area (Å²) in [5.74, 6) is -1.54. The molecule has 0 aromatic rings. The summed E-state index contributed by atoms with van der Waals surface area (Å²) < 4.78 is 5.26. The predicted molar refractivity (Wildman–Crippen MR) is 54.8 cm³/mol. The lowest BCUT2D eigenvalue weighted by Gasteiger charge is -2.36. The second-order valence-corrected chi connectivity index (χ2v) is 3.65. The van der Waals surface area contributed by atoms with Crippen LogP contribution < -0.4 is 0 Å². The van der Waals surface area contributed by atoms with Crippen molar-refractivity contribution in [1.29, 1.82) is 0 Å². The Morgan fingerprint density at radius 2 is 2.19 bits per heavy atom. The number of aliphatic carboxylic acids is 1. The van der Waals surface area contributed by atoms with Gasteiger partial charge in [-0.2, -0.15) is 0 Å². The van der Waals surface area contributed by atoms with Crippen LogP contribution in [-0.2, 0) is 14.3 Å². The van der Waals surface area contributed by atoms with Gasteiger partial charge in [0.05, 0.1) is 25.4 Å². The number of carboxylic acids is 1. The van der Waals surface area contributed by atoms with Crippen molar-refractivity contribution in [3.05, 3.63) is 12.2 Å². The van der Waals surface area contributed by atoms with E-state index in [1.807, 2.05) is 0 Å². The second-order valence-electron chi connectivity index (χ2n) is 3.65. The zero-order valence-corrected chi connectivity index (χ0v) is 9.00. The molecule has 0 aromatic carbocycles.